The number of hydrogen-bond acceptors (Lipinski definition) is 1. The molecule has 0 N–H and O–H groups in total. The minimum absolute atomic E-state index is 0.0167. The summed E-state index contributed by atoms with van der Waals surface area (Å²) in [5, 5.41) is 0. The van der Waals surface area contributed by atoms with Gasteiger partial charge in [-0.15, -0.1) is 0 Å². The van der Waals surface area contributed by atoms with Gasteiger partial charge in [0.2, 0.25) is 0 Å². The molecule has 0 aromatic carbocycles. The van der Waals surface area contributed by atoms with Crippen LogP contribution in [0, 0.1) is 5.41 Å². The highest BCUT2D eigenvalue weighted by atomic mass is 19.4. The van der Waals surface area contributed by atoms with Crippen LogP contribution in [0.2, 0.25) is 0 Å². The lowest BCUT2D eigenvalue weighted by atomic mass is 9.77. The first-order valence-corrected chi connectivity index (χ1v) is 5.75. The summed E-state index contributed by atoms with van der Waals surface area (Å²) in [4.78, 5) is 3.97. The van der Waals surface area contributed by atoms with Crippen molar-refractivity contribution in [2.45, 2.75) is 45.7 Å². The van der Waals surface area contributed by atoms with Gasteiger partial charge in [0.1, 0.15) is 0 Å². The number of pyridine rings is 1. The van der Waals surface area contributed by atoms with Crippen LogP contribution < -0.4 is 0 Å². The molecule has 1 aliphatic carbocycles. The van der Waals surface area contributed by atoms with Crippen LogP contribution in [-0.2, 0) is 12.6 Å². The van der Waals surface area contributed by atoms with Crippen LogP contribution in [0.4, 0.5) is 13.2 Å². The highest BCUT2D eigenvalue weighted by Crippen LogP contribution is 2.45. The first kappa shape index (κ1) is 12.4. The molecule has 1 aromatic heterocycles. The van der Waals surface area contributed by atoms with Gasteiger partial charge < -0.3 is 0 Å². The molecule has 1 atom stereocenters. The second-order valence-corrected chi connectivity index (χ2v) is 5.71. The highest BCUT2D eigenvalue weighted by Gasteiger charge is 2.37. The number of aryl methyl sites for hydroxylation is 1. The number of alkyl halides is 3. The van der Waals surface area contributed by atoms with Crippen molar-refractivity contribution in [3.8, 4) is 0 Å². The van der Waals surface area contributed by atoms with Crippen molar-refractivity contribution in [3.05, 3.63) is 29.1 Å². The summed E-state index contributed by atoms with van der Waals surface area (Å²) < 4.78 is 37.9. The van der Waals surface area contributed by atoms with E-state index in [1.807, 2.05) is 0 Å². The Morgan fingerprint density at radius 2 is 1.88 bits per heavy atom. The number of rotatable bonds is 0. The molecule has 17 heavy (non-hydrogen) atoms. The zero-order chi connectivity index (χ0) is 12.8. The smallest absolute Gasteiger partial charge is 0.260 e. The van der Waals surface area contributed by atoms with E-state index < -0.39 is 11.7 Å². The minimum atomic E-state index is -4.30. The SMILES string of the molecule is CC(C)(C)C1CCc2ncc(C(F)(F)F)cc21. The van der Waals surface area contributed by atoms with Gasteiger partial charge in [0.25, 0.3) is 0 Å². The molecule has 1 aromatic rings. The Kier molecular flexibility index (Phi) is 2.71. The Labute approximate surface area is 99.1 Å². The zero-order valence-electron chi connectivity index (χ0n) is 10.2. The van der Waals surface area contributed by atoms with E-state index in [0.29, 0.717) is 0 Å². The van der Waals surface area contributed by atoms with Gasteiger partial charge in [0, 0.05) is 11.9 Å². The summed E-state index contributed by atoms with van der Waals surface area (Å²) in [5.74, 6) is 0.173. The van der Waals surface area contributed by atoms with Gasteiger partial charge in [-0.05, 0) is 35.8 Å². The van der Waals surface area contributed by atoms with Crippen molar-refractivity contribution in [1.82, 2.24) is 4.98 Å². The third-order valence-corrected chi connectivity index (χ3v) is 3.42. The van der Waals surface area contributed by atoms with E-state index in [4.69, 9.17) is 0 Å². The van der Waals surface area contributed by atoms with Gasteiger partial charge in [0.15, 0.2) is 0 Å². The van der Waals surface area contributed by atoms with Crippen LogP contribution >= 0.6 is 0 Å². The quantitative estimate of drug-likeness (QED) is 0.666. The summed E-state index contributed by atoms with van der Waals surface area (Å²) in [5.41, 5.74) is 0.967. The minimum Gasteiger partial charge on any atom is -0.260 e. The molecule has 1 nitrogen and oxygen atoms in total. The number of nitrogens with zero attached hydrogens (tertiary/aromatic N) is 1. The third-order valence-electron chi connectivity index (χ3n) is 3.42. The van der Waals surface area contributed by atoms with Crippen molar-refractivity contribution < 1.29 is 13.2 Å². The van der Waals surface area contributed by atoms with E-state index in [0.717, 1.165) is 30.3 Å². The zero-order valence-corrected chi connectivity index (χ0v) is 10.2. The molecule has 0 amide bonds. The summed E-state index contributed by atoms with van der Waals surface area (Å²) in [6.07, 6.45) is -1.67. The molecule has 0 saturated heterocycles. The fraction of sp³-hybridized carbons (Fsp3) is 0.615. The largest absolute Gasteiger partial charge is 0.417 e. The first-order chi connectivity index (χ1) is 7.69. The fourth-order valence-corrected chi connectivity index (χ4v) is 2.51. The predicted octanol–water partition coefficient (Wildman–Crippen LogP) is 4.18. The van der Waals surface area contributed by atoms with Crippen molar-refractivity contribution in [1.29, 1.82) is 0 Å². The molecule has 1 heterocycles. The Balaban J connectivity index is 2.45. The standard InChI is InChI=1S/C13H16F3N/c1-12(2,3)10-4-5-11-9(10)6-8(7-17-11)13(14,15)16/h6-7,10H,4-5H2,1-3H3. The Morgan fingerprint density at radius 1 is 1.24 bits per heavy atom. The Hall–Kier alpha value is -1.06. The second-order valence-electron chi connectivity index (χ2n) is 5.71. The average molecular weight is 243 g/mol. The summed E-state index contributed by atoms with van der Waals surface area (Å²) in [6.45, 7) is 6.19. The summed E-state index contributed by atoms with van der Waals surface area (Å²) in [6, 6.07) is 1.28. The molecule has 1 unspecified atom stereocenters. The third kappa shape index (κ3) is 2.31. The van der Waals surface area contributed by atoms with Crippen LogP contribution in [0.15, 0.2) is 12.3 Å². The average Bonchev–Trinajstić information content (AvgIpc) is 2.57. The molecule has 0 aliphatic heterocycles. The van der Waals surface area contributed by atoms with Crippen LogP contribution in [0.25, 0.3) is 0 Å². The fourth-order valence-electron chi connectivity index (χ4n) is 2.51. The van der Waals surface area contributed by atoms with E-state index in [-0.39, 0.29) is 11.3 Å². The maximum absolute atomic E-state index is 12.6. The maximum Gasteiger partial charge on any atom is 0.417 e. The van der Waals surface area contributed by atoms with Crippen LogP contribution in [-0.4, -0.2) is 4.98 Å². The number of halogens is 3. The van der Waals surface area contributed by atoms with E-state index in [1.54, 1.807) is 0 Å². The molecule has 2 rings (SSSR count). The molecule has 94 valence electrons. The molecule has 0 radical (unpaired) electrons. The monoisotopic (exact) mass is 243 g/mol. The second kappa shape index (κ2) is 3.72. The number of aromatic nitrogens is 1. The molecule has 0 spiro atoms. The van der Waals surface area contributed by atoms with Gasteiger partial charge in [-0.3, -0.25) is 4.98 Å². The Morgan fingerprint density at radius 3 is 2.41 bits per heavy atom. The maximum atomic E-state index is 12.6. The van der Waals surface area contributed by atoms with E-state index in [9.17, 15) is 13.2 Å². The summed E-state index contributed by atoms with van der Waals surface area (Å²) >= 11 is 0. The van der Waals surface area contributed by atoms with Crippen molar-refractivity contribution >= 4 is 0 Å². The first-order valence-electron chi connectivity index (χ1n) is 5.75. The van der Waals surface area contributed by atoms with Gasteiger partial charge >= 0.3 is 6.18 Å². The Bertz CT molecular complexity index is 429. The highest BCUT2D eigenvalue weighted by molar-refractivity contribution is 5.35. The molecule has 1 aliphatic rings. The lowest BCUT2D eigenvalue weighted by Crippen LogP contribution is -2.17. The molecule has 0 saturated carbocycles. The lowest BCUT2D eigenvalue weighted by Gasteiger charge is -2.27. The lowest BCUT2D eigenvalue weighted by molar-refractivity contribution is -0.137. The molecule has 4 heteroatoms. The predicted molar refractivity (Wildman–Crippen MR) is 59.8 cm³/mol. The molecular weight excluding hydrogens is 227 g/mol. The van der Waals surface area contributed by atoms with Crippen molar-refractivity contribution in [3.63, 3.8) is 0 Å². The van der Waals surface area contributed by atoms with Gasteiger partial charge in [0.05, 0.1) is 5.56 Å². The summed E-state index contributed by atoms with van der Waals surface area (Å²) in [7, 11) is 0. The number of hydrogen-bond donors (Lipinski definition) is 0. The molecule has 0 bridgehead atoms. The van der Waals surface area contributed by atoms with Crippen molar-refractivity contribution in [2.24, 2.45) is 5.41 Å². The van der Waals surface area contributed by atoms with Crippen LogP contribution in [0.5, 0.6) is 0 Å². The van der Waals surface area contributed by atoms with E-state index in [1.165, 1.54) is 6.07 Å². The van der Waals surface area contributed by atoms with Gasteiger partial charge in [-0.1, -0.05) is 20.8 Å². The molecule has 0 fully saturated rings. The van der Waals surface area contributed by atoms with Crippen molar-refractivity contribution in [2.75, 3.05) is 0 Å². The van der Waals surface area contributed by atoms with Gasteiger partial charge in [-0.2, -0.15) is 13.2 Å². The normalized spacial score (nSPS) is 20.5. The van der Waals surface area contributed by atoms with E-state index >= 15 is 0 Å². The topological polar surface area (TPSA) is 12.9 Å². The van der Waals surface area contributed by atoms with Gasteiger partial charge in [-0.25, -0.2) is 0 Å². The van der Waals surface area contributed by atoms with Crippen LogP contribution in [0.1, 0.15) is 49.9 Å². The molecular formula is C13H16F3N. The van der Waals surface area contributed by atoms with E-state index in [2.05, 4.69) is 25.8 Å². The van der Waals surface area contributed by atoms with Crippen LogP contribution in [0.3, 0.4) is 0 Å². The number of fused-ring (bicyclic) bond motifs is 1.